The second-order valence-electron chi connectivity index (χ2n) is 6.21. The maximum Gasteiger partial charge on any atom is 0.306 e. The summed E-state index contributed by atoms with van der Waals surface area (Å²) in [5.74, 6) is -0.957. The summed E-state index contributed by atoms with van der Waals surface area (Å²) in [7, 11) is 0. The lowest BCUT2D eigenvalue weighted by atomic mass is 10.1. The number of rotatable bonds is 9. The molecule has 0 saturated carbocycles. The Morgan fingerprint density at radius 1 is 1.11 bits per heavy atom. The van der Waals surface area contributed by atoms with Crippen LogP contribution in [0.2, 0.25) is 0 Å². The number of carbonyl (C=O) groups is 3. The molecule has 0 aliphatic carbocycles. The number of esters is 1. The third kappa shape index (κ3) is 7.22. The first-order valence-corrected chi connectivity index (χ1v) is 9.73. The summed E-state index contributed by atoms with van der Waals surface area (Å²) in [4.78, 5) is 35.6. The zero-order valence-electron chi connectivity index (χ0n) is 15.5. The van der Waals surface area contributed by atoms with Crippen LogP contribution in [-0.2, 0) is 20.9 Å². The van der Waals surface area contributed by atoms with Gasteiger partial charge in [-0.15, -0.1) is 0 Å². The quantitative estimate of drug-likeness (QED) is 0.511. The fraction of sp³-hybridized carbons (Fsp3) is 0.350. The molecule has 7 heteroatoms. The van der Waals surface area contributed by atoms with E-state index in [0.717, 1.165) is 11.1 Å². The van der Waals surface area contributed by atoms with Gasteiger partial charge in [-0.3, -0.25) is 14.4 Å². The second-order valence-corrected chi connectivity index (χ2v) is 6.99. The Bertz CT molecular complexity index is 757. The van der Waals surface area contributed by atoms with E-state index < -0.39 is 12.1 Å². The van der Waals surface area contributed by atoms with Gasteiger partial charge in [0.15, 0.2) is 6.10 Å². The summed E-state index contributed by atoms with van der Waals surface area (Å²) in [6.45, 7) is 4.30. The molecule has 2 rings (SSSR count). The lowest BCUT2D eigenvalue weighted by molar-refractivity contribution is -0.154. The van der Waals surface area contributed by atoms with Crippen LogP contribution in [0, 0.1) is 6.92 Å². The monoisotopic (exact) mass is 388 g/mol. The van der Waals surface area contributed by atoms with E-state index in [1.807, 2.05) is 36.6 Å². The van der Waals surface area contributed by atoms with Gasteiger partial charge >= 0.3 is 5.97 Å². The van der Waals surface area contributed by atoms with Crippen LogP contribution in [0.5, 0.6) is 0 Å². The number of aryl methyl sites for hydroxylation is 1. The number of carbonyl (C=O) groups excluding carboxylic acids is 3. The number of amides is 2. The maximum absolute atomic E-state index is 12.0. The van der Waals surface area contributed by atoms with Crippen molar-refractivity contribution in [2.24, 2.45) is 0 Å². The lowest BCUT2D eigenvalue weighted by Crippen LogP contribution is -2.35. The average Bonchev–Trinajstić information content (AvgIpc) is 3.19. The van der Waals surface area contributed by atoms with Crippen LogP contribution < -0.4 is 10.6 Å². The van der Waals surface area contributed by atoms with Gasteiger partial charge in [-0.05, 0) is 37.3 Å². The van der Waals surface area contributed by atoms with Gasteiger partial charge in [0.05, 0.1) is 0 Å². The van der Waals surface area contributed by atoms with Crippen molar-refractivity contribution in [2.75, 3.05) is 6.54 Å². The molecule has 1 aromatic carbocycles. The Labute approximate surface area is 162 Å². The van der Waals surface area contributed by atoms with E-state index in [1.54, 1.807) is 18.4 Å². The highest BCUT2D eigenvalue weighted by Gasteiger charge is 2.17. The summed E-state index contributed by atoms with van der Waals surface area (Å²) < 4.78 is 5.14. The fourth-order valence-electron chi connectivity index (χ4n) is 2.28. The Morgan fingerprint density at radius 2 is 1.85 bits per heavy atom. The number of thiophene rings is 1. The molecular weight excluding hydrogens is 364 g/mol. The van der Waals surface area contributed by atoms with Crippen LogP contribution in [0.3, 0.4) is 0 Å². The number of hydrogen-bond donors (Lipinski definition) is 2. The van der Waals surface area contributed by atoms with Crippen molar-refractivity contribution >= 4 is 29.1 Å². The predicted octanol–water partition coefficient (Wildman–Crippen LogP) is 2.81. The van der Waals surface area contributed by atoms with Crippen molar-refractivity contribution < 1.29 is 19.1 Å². The van der Waals surface area contributed by atoms with E-state index in [2.05, 4.69) is 10.6 Å². The molecule has 0 radical (unpaired) electrons. The van der Waals surface area contributed by atoms with Gasteiger partial charge in [0.25, 0.3) is 11.8 Å². The summed E-state index contributed by atoms with van der Waals surface area (Å²) in [5, 5.41) is 9.08. The minimum atomic E-state index is -0.858. The highest BCUT2D eigenvalue weighted by Crippen LogP contribution is 2.06. The van der Waals surface area contributed by atoms with Crippen LogP contribution in [0.25, 0.3) is 0 Å². The molecule has 6 nitrogen and oxygen atoms in total. The maximum atomic E-state index is 12.0. The van der Waals surface area contributed by atoms with E-state index in [9.17, 15) is 14.4 Å². The molecule has 0 bridgehead atoms. The normalized spacial score (nSPS) is 11.5. The largest absolute Gasteiger partial charge is 0.453 e. The van der Waals surface area contributed by atoms with E-state index in [1.165, 1.54) is 11.3 Å². The molecule has 0 aliphatic rings. The molecule has 2 aromatic rings. The van der Waals surface area contributed by atoms with Crippen molar-refractivity contribution in [3.8, 4) is 0 Å². The molecule has 27 heavy (non-hydrogen) atoms. The van der Waals surface area contributed by atoms with Crippen molar-refractivity contribution in [1.29, 1.82) is 0 Å². The van der Waals surface area contributed by atoms with Crippen LogP contribution in [0.4, 0.5) is 0 Å². The number of benzene rings is 1. The van der Waals surface area contributed by atoms with Gasteiger partial charge < -0.3 is 15.4 Å². The summed E-state index contributed by atoms with van der Waals surface area (Å²) in [6, 6.07) is 9.57. The first kappa shape index (κ1) is 20.6. The minimum absolute atomic E-state index is 0.138. The van der Waals surface area contributed by atoms with Gasteiger partial charge in [-0.1, -0.05) is 29.8 Å². The van der Waals surface area contributed by atoms with Gasteiger partial charge in [-0.2, -0.15) is 11.3 Å². The molecule has 1 aromatic heterocycles. The Balaban J connectivity index is 1.61. The molecule has 144 valence electrons. The highest BCUT2D eigenvalue weighted by atomic mass is 32.1. The molecule has 0 aliphatic heterocycles. The summed E-state index contributed by atoms with van der Waals surface area (Å²) in [6.07, 6.45) is -0.269. The summed E-state index contributed by atoms with van der Waals surface area (Å²) in [5.41, 5.74) is 2.74. The number of ether oxygens (including phenoxy) is 1. The Morgan fingerprint density at radius 3 is 2.52 bits per heavy atom. The highest BCUT2D eigenvalue weighted by molar-refractivity contribution is 7.08. The molecule has 1 atom stereocenters. The van der Waals surface area contributed by atoms with Crippen LogP contribution in [-0.4, -0.2) is 30.4 Å². The van der Waals surface area contributed by atoms with Crippen molar-refractivity contribution in [3.05, 3.63) is 57.8 Å². The van der Waals surface area contributed by atoms with Gasteiger partial charge in [0.2, 0.25) is 0 Å². The molecule has 0 spiro atoms. The topological polar surface area (TPSA) is 84.5 Å². The van der Waals surface area contributed by atoms with Gasteiger partial charge in [0, 0.05) is 30.5 Å². The van der Waals surface area contributed by atoms with Gasteiger partial charge in [-0.25, -0.2) is 0 Å². The molecule has 1 unspecified atom stereocenters. The third-order valence-electron chi connectivity index (χ3n) is 3.89. The molecule has 2 amide bonds. The lowest BCUT2D eigenvalue weighted by Gasteiger charge is -2.13. The van der Waals surface area contributed by atoms with E-state index in [0.29, 0.717) is 25.1 Å². The van der Waals surface area contributed by atoms with Crippen LogP contribution in [0.15, 0.2) is 41.1 Å². The Hall–Kier alpha value is -2.67. The zero-order chi connectivity index (χ0) is 19.6. The van der Waals surface area contributed by atoms with Crippen molar-refractivity contribution in [2.45, 2.75) is 39.3 Å². The van der Waals surface area contributed by atoms with Gasteiger partial charge in [0.1, 0.15) is 0 Å². The van der Waals surface area contributed by atoms with Crippen molar-refractivity contribution in [3.63, 3.8) is 0 Å². The molecule has 1 heterocycles. The van der Waals surface area contributed by atoms with E-state index in [-0.39, 0.29) is 18.2 Å². The smallest absolute Gasteiger partial charge is 0.306 e. The molecular formula is C20H24N2O4S. The average molecular weight is 388 g/mol. The van der Waals surface area contributed by atoms with Crippen LogP contribution >= 0.6 is 11.3 Å². The molecule has 0 fully saturated rings. The Kier molecular flexibility index (Phi) is 8.00. The minimum Gasteiger partial charge on any atom is -0.453 e. The standard InChI is InChI=1S/C20H24N2O4S/c1-14-5-7-16(8-6-14)12-22-19(24)15(2)26-18(23)4-3-10-21-20(25)17-9-11-27-13-17/h5-9,11,13,15H,3-4,10,12H2,1-2H3,(H,21,25)(H,22,24). The first-order valence-electron chi connectivity index (χ1n) is 8.79. The molecule has 2 N–H and O–H groups in total. The molecule has 0 saturated heterocycles. The van der Waals surface area contributed by atoms with Crippen LogP contribution in [0.1, 0.15) is 41.3 Å². The number of nitrogens with one attached hydrogen (secondary N) is 2. The SMILES string of the molecule is Cc1ccc(CNC(=O)C(C)OC(=O)CCCNC(=O)c2ccsc2)cc1. The first-order chi connectivity index (χ1) is 13.0. The summed E-state index contributed by atoms with van der Waals surface area (Å²) >= 11 is 1.45. The zero-order valence-corrected chi connectivity index (χ0v) is 16.3. The predicted molar refractivity (Wildman–Crippen MR) is 104 cm³/mol. The fourth-order valence-corrected chi connectivity index (χ4v) is 2.91. The van der Waals surface area contributed by atoms with E-state index >= 15 is 0 Å². The van der Waals surface area contributed by atoms with E-state index in [4.69, 9.17) is 4.74 Å². The number of hydrogen-bond acceptors (Lipinski definition) is 5. The third-order valence-corrected chi connectivity index (χ3v) is 4.57. The second kappa shape index (κ2) is 10.5. The van der Waals surface area contributed by atoms with Crippen molar-refractivity contribution in [1.82, 2.24) is 10.6 Å².